The number of phenols is 1. The maximum absolute atomic E-state index is 10.5. The highest BCUT2D eigenvalue weighted by Crippen LogP contribution is 2.38. The zero-order valence-corrected chi connectivity index (χ0v) is 12.5. The van der Waals surface area contributed by atoms with Gasteiger partial charge in [-0.2, -0.15) is 0 Å². The number of hydrogen-bond acceptors (Lipinski definition) is 2. The normalized spacial score (nSPS) is 14.0. The van der Waals surface area contributed by atoms with E-state index in [1.54, 1.807) is 0 Å². The third-order valence-corrected chi connectivity index (χ3v) is 3.49. The number of nitrogens with two attached hydrogens (primary N) is 1. The van der Waals surface area contributed by atoms with Gasteiger partial charge in [0.15, 0.2) is 0 Å². The van der Waals surface area contributed by atoms with Crippen molar-refractivity contribution in [3.63, 3.8) is 0 Å². The van der Waals surface area contributed by atoms with Crippen molar-refractivity contribution in [2.24, 2.45) is 11.7 Å². The molecule has 0 aliphatic carbocycles. The molecule has 18 heavy (non-hydrogen) atoms. The van der Waals surface area contributed by atoms with Crippen LogP contribution in [0.1, 0.15) is 64.3 Å². The number of aryl methyl sites for hydroxylation is 1. The summed E-state index contributed by atoms with van der Waals surface area (Å²) in [5.41, 5.74) is 9.26. The summed E-state index contributed by atoms with van der Waals surface area (Å²) in [4.78, 5) is 0. The predicted octanol–water partition coefficient (Wildman–Crippen LogP) is 3.91. The Hall–Kier alpha value is -1.02. The standard InChI is InChI=1S/C16H27NO/c1-7-11-8-12(14(17)10(2)3)15(18)13(9-11)16(4,5)6/h8-10,14,18H,7,17H2,1-6H3. The molecule has 0 aromatic heterocycles. The first kappa shape index (κ1) is 15.0. The van der Waals surface area contributed by atoms with E-state index < -0.39 is 0 Å². The van der Waals surface area contributed by atoms with Crippen molar-refractivity contribution in [1.82, 2.24) is 0 Å². The second-order valence-electron chi connectivity index (χ2n) is 6.45. The van der Waals surface area contributed by atoms with Gasteiger partial charge in [0, 0.05) is 11.6 Å². The summed E-state index contributed by atoms with van der Waals surface area (Å²) < 4.78 is 0. The molecule has 1 aromatic rings. The first-order valence-corrected chi connectivity index (χ1v) is 6.80. The highest BCUT2D eigenvalue weighted by atomic mass is 16.3. The average molecular weight is 249 g/mol. The number of benzene rings is 1. The Kier molecular flexibility index (Phi) is 4.44. The molecule has 0 aliphatic rings. The van der Waals surface area contributed by atoms with Crippen LogP contribution >= 0.6 is 0 Å². The van der Waals surface area contributed by atoms with Gasteiger partial charge in [0.25, 0.3) is 0 Å². The molecule has 1 atom stereocenters. The van der Waals surface area contributed by atoms with Gasteiger partial charge in [-0.3, -0.25) is 0 Å². The third-order valence-electron chi connectivity index (χ3n) is 3.49. The number of phenolic OH excluding ortho intramolecular Hbond substituents is 1. The fourth-order valence-electron chi connectivity index (χ4n) is 2.11. The molecule has 0 heterocycles. The molecule has 0 saturated heterocycles. The van der Waals surface area contributed by atoms with Crippen molar-refractivity contribution in [1.29, 1.82) is 0 Å². The summed E-state index contributed by atoms with van der Waals surface area (Å²) in [5, 5.41) is 10.5. The lowest BCUT2D eigenvalue weighted by Crippen LogP contribution is -2.20. The quantitative estimate of drug-likeness (QED) is 0.853. The summed E-state index contributed by atoms with van der Waals surface area (Å²) in [6, 6.07) is 4.04. The summed E-state index contributed by atoms with van der Waals surface area (Å²) in [6.45, 7) is 12.6. The van der Waals surface area contributed by atoms with Crippen molar-refractivity contribution in [2.45, 2.75) is 59.4 Å². The van der Waals surface area contributed by atoms with Crippen LogP contribution in [-0.2, 0) is 11.8 Å². The Bertz CT molecular complexity index is 416. The van der Waals surface area contributed by atoms with Gasteiger partial charge in [0.05, 0.1) is 0 Å². The fraction of sp³-hybridized carbons (Fsp3) is 0.625. The minimum absolute atomic E-state index is 0.0687. The SMILES string of the molecule is CCc1cc(C(N)C(C)C)c(O)c(C(C)(C)C)c1. The fourth-order valence-corrected chi connectivity index (χ4v) is 2.11. The molecule has 3 N–H and O–H groups in total. The van der Waals surface area contributed by atoms with E-state index in [1.807, 2.05) is 0 Å². The van der Waals surface area contributed by atoms with Gasteiger partial charge in [-0.15, -0.1) is 0 Å². The predicted molar refractivity (Wildman–Crippen MR) is 78.0 cm³/mol. The Morgan fingerprint density at radius 2 is 1.78 bits per heavy atom. The second-order valence-corrected chi connectivity index (χ2v) is 6.45. The molecular weight excluding hydrogens is 222 g/mol. The van der Waals surface area contributed by atoms with Gasteiger partial charge in [-0.25, -0.2) is 0 Å². The van der Waals surface area contributed by atoms with Crippen molar-refractivity contribution < 1.29 is 5.11 Å². The van der Waals surface area contributed by atoms with E-state index in [9.17, 15) is 5.11 Å². The molecule has 0 amide bonds. The molecule has 1 aromatic carbocycles. The Balaban J connectivity index is 3.43. The first-order chi connectivity index (χ1) is 8.18. The zero-order chi connectivity index (χ0) is 14.1. The van der Waals surface area contributed by atoms with Crippen LogP contribution in [0.15, 0.2) is 12.1 Å². The molecule has 0 bridgehead atoms. The van der Waals surface area contributed by atoms with Crippen LogP contribution in [-0.4, -0.2) is 5.11 Å². The zero-order valence-electron chi connectivity index (χ0n) is 12.5. The van der Waals surface area contributed by atoms with Crippen molar-refractivity contribution in [2.75, 3.05) is 0 Å². The molecule has 1 rings (SSSR count). The van der Waals surface area contributed by atoms with Crippen molar-refractivity contribution >= 4 is 0 Å². The monoisotopic (exact) mass is 249 g/mol. The van der Waals surface area contributed by atoms with Crippen LogP contribution in [0, 0.1) is 5.92 Å². The summed E-state index contributed by atoms with van der Waals surface area (Å²) in [6.07, 6.45) is 0.959. The van der Waals surface area contributed by atoms with E-state index in [2.05, 4.69) is 53.7 Å². The average Bonchev–Trinajstić information content (AvgIpc) is 2.26. The molecule has 0 radical (unpaired) electrons. The van der Waals surface area contributed by atoms with Gasteiger partial charge in [-0.05, 0) is 28.9 Å². The van der Waals surface area contributed by atoms with E-state index in [1.165, 1.54) is 5.56 Å². The van der Waals surface area contributed by atoms with E-state index in [-0.39, 0.29) is 11.5 Å². The lowest BCUT2D eigenvalue weighted by Gasteiger charge is -2.26. The van der Waals surface area contributed by atoms with Gasteiger partial charge in [0.1, 0.15) is 5.75 Å². The van der Waals surface area contributed by atoms with Gasteiger partial charge >= 0.3 is 0 Å². The number of aromatic hydroxyl groups is 1. The van der Waals surface area contributed by atoms with Crippen molar-refractivity contribution in [3.8, 4) is 5.75 Å². The van der Waals surface area contributed by atoms with Crippen LogP contribution < -0.4 is 5.73 Å². The Morgan fingerprint density at radius 3 is 2.17 bits per heavy atom. The Morgan fingerprint density at radius 1 is 1.22 bits per heavy atom. The highest BCUT2D eigenvalue weighted by molar-refractivity contribution is 5.48. The van der Waals surface area contributed by atoms with Gasteiger partial charge < -0.3 is 10.8 Å². The Labute approximate surface area is 111 Å². The van der Waals surface area contributed by atoms with Gasteiger partial charge in [-0.1, -0.05) is 53.7 Å². The molecule has 2 heteroatoms. The summed E-state index contributed by atoms with van der Waals surface area (Å²) >= 11 is 0. The molecular formula is C16H27NO. The molecule has 1 unspecified atom stereocenters. The maximum atomic E-state index is 10.5. The molecule has 102 valence electrons. The topological polar surface area (TPSA) is 46.2 Å². The molecule has 0 aliphatic heterocycles. The molecule has 2 nitrogen and oxygen atoms in total. The van der Waals surface area contributed by atoms with Crippen LogP contribution in [0.2, 0.25) is 0 Å². The maximum Gasteiger partial charge on any atom is 0.124 e. The van der Waals surface area contributed by atoms with E-state index in [4.69, 9.17) is 5.73 Å². The molecule has 0 spiro atoms. The smallest absolute Gasteiger partial charge is 0.124 e. The second kappa shape index (κ2) is 5.31. The van der Waals surface area contributed by atoms with Crippen LogP contribution in [0.25, 0.3) is 0 Å². The number of rotatable bonds is 3. The van der Waals surface area contributed by atoms with Crippen LogP contribution in [0.5, 0.6) is 5.75 Å². The first-order valence-electron chi connectivity index (χ1n) is 6.80. The largest absolute Gasteiger partial charge is 0.507 e. The minimum Gasteiger partial charge on any atom is -0.507 e. The van der Waals surface area contributed by atoms with Crippen LogP contribution in [0.4, 0.5) is 0 Å². The lowest BCUT2D eigenvalue weighted by molar-refractivity contribution is 0.419. The van der Waals surface area contributed by atoms with E-state index in [0.29, 0.717) is 11.7 Å². The number of hydrogen-bond donors (Lipinski definition) is 2. The van der Waals surface area contributed by atoms with Crippen molar-refractivity contribution in [3.05, 3.63) is 28.8 Å². The molecule has 0 saturated carbocycles. The summed E-state index contributed by atoms with van der Waals surface area (Å²) in [7, 11) is 0. The summed E-state index contributed by atoms with van der Waals surface area (Å²) in [5.74, 6) is 0.691. The van der Waals surface area contributed by atoms with E-state index >= 15 is 0 Å². The van der Waals surface area contributed by atoms with Gasteiger partial charge in [0.2, 0.25) is 0 Å². The van der Waals surface area contributed by atoms with E-state index in [0.717, 1.165) is 17.5 Å². The molecule has 0 fully saturated rings. The minimum atomic E-state index is -0.113. The highest BCUT2D eigenvalue weighted by Gasteiger charge is 2.24. The third kappa shape index (κ3) is 3.05. The van der Waals surface area contributed by atoms with Crippen LogP contribution in [0.3, 0.4) is 0 Å². The lowest BCUT2D eigenvalue weighted by atomic mass is 9.81.